The number of ether oxygens (including phenoxy) is 2. The monoisotopic (exact) mass is 445 g/mol. The highest BCUT2D eigenvalue weighted by molar-refractivity contribution is 7.20. The molecule has 1 atom stereocenters. The fraction of sp³-hybridized carbons (Fsp3) is 0.520. The van der Waals surface area contributed by atoms with Crippen molar-refractivity contribution < 1.29 is 19.1 Å². The maximum atomic E-state index is 12.1. The Hall–Kier alpha value is -2.18. The second-order valence-corrected chi connectivity index (χ2v) is 8.37. The van der Waals surface area contributed by atoms with Crippen LogP contribution < -0.4 is 4.90 Å². The van der Waals surface area contributed by atoms with E-state index in [0.717, 1.165) is 23.3 Å². The predicted molar refractivity (Wildman–Crippen MR) is 128 cm³/mol. The molecule has 1 saturated carbocycles. The van der Waals surface area contributed by atoms with Crippen LogP contribution in [0.1, 0.15) is 69.2 Å². The largest absolute Gasteiger partial charge is 0.465 e. The molecule has 1 aliphatic carbocycles. The zero-order valence-corrected chi connectivity index (χ0v) is 19.8. The van der Waals surface area contributed by atoms with Crippen LogP contribution in [-0.4, -0.2) is 38.7 Å². The summed E-state index contributed by atoms with van der Waals surface area (Å²) in [7, 11) is 1.34. The van der Waals surface area contributed by atoms with Gasteiger partial charge in [0.05, 0.1) is 25.3 Å². The van der Waals surface area contributed by atoms with Crippen molar-refractivity contribution in [3.8, 4) is 10.4 Å². The third-order valence-corrected chi connectivity index (χ3v) is 6.52. The number of esters is 1. The molecule has 1 amide bonds. The summed E-state index contributed by atoms with van der Waals surface area (Å²) in [6.07, 6.45) is 10.5. The number of hydrogen-bond donors (Lipinski definition) is 0. The fourth-order valence-corrected chi connectivity index (χ4v) is 4.86. The first-order chi connectivity index (χ1) is 15.2. The van der Waals surface area contributed by atoms with E-state index in [1.54, 1.807) is 11.0 Å². The third-order valence-electron chi connectivity index (χ3n) is 5.32. The van der Waals surface area contributed by atoms with Gasteiger partial charge in [0.25, 0.3) is 0 Å². The van der Waals surface area contributed by atoms with Gasteiger partial charge in [-0.05, 0) is 18.1 Å². The highest BCUT2D eigenvalue weighted by Gasteiger charge is 2.29. The van der Waals surface area contributed by atoms with E-state index in [2.05, 4.69) is 0 Å². The minimum Gasteiger partial charge on any atom is -0.465 e. The summed E-state index contributed by atoms with van der Waals surface area (Å²) >= 11 is 1.41. The molecule has 5 nitrogen and oxygen atoms in total. The molecule has 1 saturated heterocycles. The van der Waals surface area contributed by atoms with E-state index in [-0.39, 0.29) is 6.04 Å². The van der Waals surface area contributed by atoms with Gasteiger partial charge in [0, 0.05) is 11.5 Å². The summed E-state index contributed by atoms with van der Waals surface area (Å²) in [4.78, 5) is 26.3. The molecule has 31 heavy (non-hydrogen) atoms. The molecule has 0 N–H and O–H groups in total. The van der Waals surface area contributed by atoms with Crippen LogP contribution in [0.2, 0.25) is 0 Å². The van der Waals surface area contributed by atoms with Gasteiger partial charge in [-0.2, -0.15) is 0 Å². The summed E-state index contributed by atoms with van der Waals surface area (Å²) in [5, 5.41) is 0.612. The molecule has 1 aromatic carbocycles. The van der Waals surface area contributed by atoms with Crippen LogP contribution >= 0.6 is 11.3 Å². The predicted octanol–water partition coefficient (Wildman–Crippen LogP) is 6.32. The first-order valence-electron chi connectivity index (χ1n) is 11.3. The van der Waals surface area contributed by atoms with Gasteiger partial charge in [0.15, 0.2) is 0 Å². The molecule has 2 fully saturated rings. The summed E-state index contributed by atoms with van der Waals surface area (Å²) in [6, 6.07) is 11.5. The number of carbonyl (C=O) groups is 2. The third kappa shape index (κ3) is 7.18. The molecule has 4 rings (SSSR count). The lowest BCUT2D eigenvalue weighted by Crippen LogP contribution is -2.34. The zero-order valence-electron chi connectivity index (χ0n) is 19.0. The number of carbonyl (C=O) groups excluding carboxylic acids is 2. The Morgan fingerprint density at radius 2 is 1.71 bits per heavy atom. The molecule has 6 heteroatoms. The first-order valence-corrected chi connectivity index (χ1v) is 12.1. The van der Waals surface area contributed by atoms with Gasteiger partial charge in [0.1, 0.15) is 5.00 Å². The molecule has 2 aliphatic rings. The standard InChI is InChI=1S/C17H17NO4S.C6H12.C2H6/c1-21-17(20)14-9-15(12-5-3-2-4-6-12)23-16(14)18(11-19)13-7-8-22-10-13;1-2-4-6-5-3-1;1-2/h2-6,9,11,13H,7-8,10H2,1H3;1-6H2;1-2H3. The van der Waals surface area contributed by atoms with Gasteiger partial charge in [-0.15, -0.1) is 11.3 Å². The van der Waals surface area contributed by atoms with Crippen LogP contribution in [0, 0.1) is 0 Å². The van der Waals surface area contributed by atoms with Crippen molar-refractivity contribution in [3.05, 3.63) is 42.0 Å². The van der Waals surface area contributed by atoms with Crippen molar-refractivity contribution >= 4 is 28.7 Å². The number of anilines is 1. The van der Waals surface area contributed by atoms with Crippen molar-refractivity contribution in [1.29, 1.82) is 0 Å². The highest BCUT2D eigenvalue weighted by atomic mass is 32.1. The maximum Gasteiger partial charge on any atom is 0.340 e. The number of thiophene rings is 1. The van der Waals surface area contributed by atoms with Crippen molar-refractivity contribution in [1.82, 2.24) is 0 Å². The molecule has 0 spiro atoms. The number of benzene rings is 1. The molecular formula is C25H35NO4S. The quantitative estimate of drug-likeness (QED) is 0.399. The number of rotatable bonds is 5. The topological polar surface area (TPSA) is 55.8 Å². The second-order valence-electron chi connectivity index (χ2n) is 7.34. The Kier molecular flexibility index (Phi) is 11.3. The molecule has 2 heterocycles. The molecule has 1 unspecified atom stereocenters. The number of amides is 1. The van der Waals surface area contributed by atoms with Crippen LogP contribution in [-0.2, 0) is 14.3 Å². The summed E-state index contributed by atoms with van der Waals surface area (Å²) in [6.45, 7) is 5.11. The fourth-order valence-electron chi connectivity index (χ4n) is 3.68. The minimum absolute atomic E-state index is 0.0434. The lowest BCUT2D eigenvalue weighted by Gasteiger charge is -2.22. The average Bonchev–Trinajstić information content (AvgIpc) is 3.54. The van der Waals surface area contributed by atoms with Crippen molar-refractivity contribution in [2.75, 3.05) is 25.2 Å². The van der Waals surface area contributed by atoms with Crippen LogP contribution in [0.25, 0.3) is 10.4 Å². The van der Waals surface area contributed by atoms with E-state index in [1.165, 1.54) is 57.0 Å². The molecule has 0 bridgehead atoms. The van der Waals surface area contributed by atoms with E-state index >= 15 is 0 Å². The van der Waals surface area contributed by atoms with Gasteiger partial charge in [-0.25, -0.2) is 4.79 Å². The van der Waals surface area contributed by atoms with E-state index in [1.807, 2.05) is 44.2 Å². The van der Waals surface area contributed by atoms with E-state index in [4.69, 9.17) is 9.47 Å². The number of nitrogens with zero attached hydrogens (tertiary/aromatic N) is 1. The normalized spacial score (nSPS) is 17.5. The van der Waals surface area contributed by atoms with Gasteiger partial charge in [0.2, 0.25) is 6.41 Å². The van der Waals surface area contributed by atoms with E-state index in [9.17, 15) is 9.59 Å². The number of hydrogen-bond acceptors (Lipinski definition) is 5. The molecule has 0 radical (unpaired) electrons. The Morgan fingerprint density at radius 3 is 2.19 bits per heavy atom. The Balaban J connectivity index is 0.000000363. The lowest BCUT2D eigenvalue weighted by molar-refractivity contribution is -0.107. The Bertz CT molecular complexity index is 769. The highest BCUT2D eigenvalue weighted by Crippen LogP contribution is 2.39. The van der Waals surface area contributed by atoms with Crippen LogP contribution in [0.15, 0.2) is 36.4 Å². The molecule has 170 valence electrons. The first kappa shape index (κ1) is 25.1. The second kappa shape index (κ2) is 14.0. The van der Waals surface area contributed by atoms with Crippen LogP contribution in [0.4, 0.5) is 5.00 Å². The molecule has 1 aromatic heterocycles. The summed E-state index contributed by atoms with van der Waals surface area (Å²) in [5.41, 5.74) is 1.41. The van der Waals surface area contributed by atoms with Crippen LogP contribution in [0.3, 0.4) is 0 Å². The smallest absolute Gasteiger partial charge is 0.340 e. The maximum absolute atomic E-state index is 12.1. The van der Waals surface area contributed by atoms with Gasteiger partial charge in [-0.3, -0.25) is 4.79 Å². The van der Waals surface area contributed by atoms with E-state index in [0.29, 0.717) is 23.8 Å². The molecule has 1 aliphatic heterocycles. The SMILES string of the molecule is C1CCCCC1.CC.COC(=O)c1cc(-c2ccccc2)sc1N(C=O)C1CCOC1. The Morgan fingerprint density at radius 1 is 1.10 bits per heavy atom. The Labute approximate surface area is 190 Å². The zero-order chi connectivity index (χ0) is 22.5. The van der Waals surface area contributed by atoms with Crippen molar-refractivity contribution in [3.63, 3.8) is 0 Å². The minimum atomic E-state index is -0.441. The molecule has 2 aromatic rings. The van der Waals surface area contributed by atoms with E-state index < -0.39 is 5.97 Å². The summed E-state index contributed by atoms with van der Waals surface area (Å²) < 4.78 is 10.2. The van der Waals surface area contributed by atoms with Gasteiger partial charge >= 0.3 is 5.97 Å². The van der Waals surface area contributed by atoms with Gasteiger partial charge in [-0.1, -0.05) is 82.7 Å². The van der Waals surface area contributed by atoms with Crippen molar-refractivity contribution in [2.24, 2.45) is 0 Å². The molecular weight excluding hydrogens is 410 g/mol. The lowest BCUT2D eigenvalue weighted by atomic mass is 10.0. The number of methoxy groups -OCH3 is 1. The van der Waals surface area contributed by atoms with Crippen molar-refractivity contribution in [2.45, 2.75) is 64.8 Å². The van der Waals surface area contributed by atoms with Crippen LogP contribution in [0.5, 0.6) is 0 Å². The average molecular weight is 446 g/mol. The van der Waals surface area contributed by atoms with Gasteiger partial charge < -0.3 is 14.4 Å². The summed E-state index contributed by atoms with van der Waals surface area (Å²) in [5.74, 6) is -0.441.